The van der Waals surface area contributed by atoms with E-state index in [1.54, 1.807) is 0 Å². The van der Waals surface area contributed by atoms with Gasteiger partial charge in [0, 0.05) is 17.7 Å². The molecule has 94 valence electrons. The molecule has 0 atom stereocenters. The molecule has 3 aromatic rings. The molecule has 19 heavy (non-hydrogen) atoms. The van der Waals surface area contributed by atoms with Crippen LogP contribution in [0.4, 0.5) is 0 Å². The van der Waals surface area contributed by atoms with Crippen LogP contribution in [0.3, 0.4) is 0 Å². The fourth-order valence-electron chi connectivity index (χ4n) is 2.35. The molecule has 3 heteroatoms. The topological polar surface area (TPSA) is 34.9 Å². The zero-order chi connectivity index (χ0) is 13.2. The first-order valence-corrected chi connectivity index (χ1v) is 6.34. The Kier molecular flexibility index (Phi) is 2.88. The van der Waals surface area contributed by atoms with Gasteiger partial charge in [0.25, 0.3) is 0 Å². The lowest BCUT2D eigenvalue weighted by atomic mass is 10.2. The van der Waals surface area contributed by atoms with Gasteiger partial charge in [0.1, 0.15) is 12.1 Å². The monoisotopic (exact) mass is 250 g/mol. The van der Waals surface area contributed by atoms with E-state index in [0.717, 1.165) is 35.3 Å². The van der Waals surface area contributed by atoms with Gasteiger partial charge in [-0.3, -0.25) is 4.79 Å². The van der Waals surface area contributed by atoms with Gasteiger partial charge in [-0.1, -0.05) is 30.3 Å². The van der Waals surface area contributed by atoms with Crippen LogP contribution in [0.1, 0.15) is 17.3 Å². The first-order valence-electron chi connectivity index (χ1n) is 6.34. The largest absolute Gasteiger partial charge is 0.324 e. The molecular formula is C16H14N2O. The molecule has 0 amide bonds. The van der Waals surface area contributed by atoms with Gasteiger partial charge in [0.15, 0.2) is 0 Å². The molecule has 0 radical (unpaired) electrons. The first-order chi connectivity index (χ1) is 9.33. The fraction of sp³-hybridized carbons (Fsp3) is 0.125. The summed E-state index contributed by atoms with van der Waals surface area (Å²) < 4.78 is 2.17. The molecule has 3 nitrogen and oxygen atoms in total. The van der Waals surface area contributed by atoms with Gasteiger partial charge in [0.05, 0.1) is 11.0 Å². The van der Waals surface area contributed by atoms with Gasteiger partial charge in [-0.25, -0.2) is 4.98 Å². The van der Waals surface area contributed by atoms with E-state index >= 15 is 0 Å². The maximum atomic E-state index is 10.8. The summed E-state index contributed by atoms with van der Waals surface area (Å²) in [6.07, 6.45) is 0.854. The minimum Gasteiger partial charge on any atom is -0.324 e. The van der Waals surface area contributed by atoms with Gasteiger partial charge >= 0.3 is 0 Å². The maximum absolute atomic E-state index is 10.8. The average Bonchev–Trinajstić information content (AvgIpc) is 2.85. The molecule has 1 heterocycles. The van der Waals surface area contributed by atoms with E-state index in [1.165, 1.54) is 0 Å². The summed E-state index contributed by atoms with van der Waals surface area (Å²) in [5, 5.41) is 0. The van der Waals surface area contributed by atoms with Gasteiger partial charge < -0.3 is 4.57 Å². The number of hydrogen-bond acceptors (Lipinski definition) is 2. The van der Waals surface area contributed by atoms with E-state index in [4.69, 9.17) is 0 Å². The van der Waals surface area contributed by atoms with Gasteiger partial charge in [-0.15, -0.1) is 0 Å². The highest BCUT2D eigenvalue weighted by Gasteiger charge is 2.11. The van der Waals surface area contributed by atoms with E-state index in [-0.39, 0.29) is 0 Å². The third-order valence-corrected chi connectivity index (χ3v) is 3.26. The Bertz CT molecular complexity index is 729. The Morgan fingerprint density at radius 1 is 1.16 bits per heavy atom. The molecule has 0 bridgehead atoms. The quantitative estimate of drug-likeness (QED) is 0.666. The molecular weight excluding hydrogens is 236 g/mol. The molecule has 0 saturated heterocycles. The second-order valence-electron chi connectivity index (χ2n) is 4.41. The van der Waals surface area contributed by atoms with Crippen molar-refractivity contribution in [3.63, 3.8) is 0 Å². The zero-order valence-electron chi connectivity index (χ0n) is 10.7. The van der Waals surface area contributed by atoms with Crippen LogP contribution in [-0.2, 0) is 6.54 Å². The van der Waals surface area contributed by atoms with Crippen molar-refractivity contribution < 1.29 is 4.79 Å². The molecule has 0 aliphatic carbocycles. The maximum Gasteiger partial charge on any atom is 0.150 e. The van der Waals surface area contributed by atoms with Gasteiger partial charge in [-0.2, -0.15) is 0 Å². The van der Waals surface area contributed by atoms with Crippen LogP contribution in [0.5, 0.6) is 0 Å². The molecule has 0 unspecified atom stereocenters. The van der Waals surface area contributed by atoms with Crippen molar-refractivity contribution in [2.45, 2.75) is 13.5 Å². The summed E-state index contributed by atoms with van der Waals surface area (Å²) in [6, 6.07) is 15.7. The van der Waals surface area contributed by atoms with Crippen molar-refractivity contribution in [1.82, 2.24) is 9.55 Å². The van der Waals surface area contributed by atoms with E-state index in [1.807, 2.05) is 48.5 Å². The normalized spacial score (nSPS) is 10.8. The lowest BCUT2D eigenvalue weighted by Gasteiger charge is -2.05. The second-order valence-corrected chi connectivity index (χ2v) is 4.41. The molecule has 0 fully saturated rings. The van der Waals surface area contributed by atoms with Crippen LogP contribution in [0.15, 0.2) is 48.5 Å². The van der Waals surface area contributed by atoms with E-state index in [0.29, 0.717) is 5.56 Å². The van der Waals surface area contributed by atoms with E-state index in [2.05, 4.69) is 16.5 Å². The highest BCUT2D eigenvalue weighted by Crippen LogP contribution is 2.25. The predicted molar refractivity (Wildman–Crippen MR) is 76.2 cm³/mol. The van der Waals surface area contributed by atoms with Crippen molar-refractivity contribution in [2.75, 3.05) is 0 Å². The Hall–Kier alpha value is -2.42. The number of nitrogens with zero attached hydrogens (tertiary/aromatic N) is 2. The number of imidazole rings is 1. The van der Waals surface area contributed by atoms with Crippen LogP contribution in [0, 0.1) is 0 Å². The Morgan fingerprint density at radius 3 is 2.63 bits per heavy atom. The molecule has 0 saturated carbocycles. The predicted octanol–water partition coefficient (Wildman–Crippen LogP) is 3.54. The molecule has 0 spiro atoms. The second kappa shape index (κ2) is 4.69. The van der Waals surface area contributed by atoms with Crippen LogP contribution in [-0.4, -0.2) is 15.8 Å². The first kappa shape index (κ1) is 11.7. The zero-order valence-corrected chi connectivity index (χ0v) is 10.7. The van der Waals surface area contributed by atoms with Crippen molar-refractivity contribution >= 4 is 17.3 Å². The lowest BCUT2D eigenvalue weighted by molar-refractivity contribution is 0.112. The number of fused-ring (bicyclic) bond motifs is 1. The average molecular weight is 250 g/mol. The van der Waals surface area contributed by atoms with Crippen LogP contribution < -0.4 is 0 Å². The third-order valence-electron chi connectivity index (χ3n) is 3.26. The third kappa shape index (κ3) is 1.93. The van der Waals surface area contributed by atoms with E-state index < -0.39 is 0 Å². The standard InChI is InChI=1S/C16H14N2O/c1-2-18-15-9-8-12(11-19)10-14(15)17-16(18)13-6-4-3-5-7-13/h3-11H,2H2,1H3. The number of carbonyl (C=O) groups excluding carboxylic acids is 1. The number of rotatable bonds is 3. The smallest absolute Gasteiger partial charge is 0.150 e. The number of benzene rings is 2. The molecule has 0 N–H and O–H groups in total. The molecule has 1 aromatic heterocycles. The molecule has 2 aromatic carbocycles. The summed E-state index contributed by atoms with van der Waals surface area (Å²) >= 11 is 0. The highest BCUT2D eigenvalue weighted by atomic mass is 16.1. The Morgan fingerprint density at radius 2 is 1.95 bits per heavy atom. The van der Waals surface area contributed by atoms with Gasteiger partial charge in [-0.05, 0) is 25.1 Å². The summed E-state index contributed by atoms with van der Waals surface area (Å²) in [5.41, 5.74) is 3.68. The van der Waals surface area contributed by atoms with Crippen LogP contribution in [0.25, 0.3) is 22.4 Å². The van der Waals surface area contributed by atoms with Crippen molar-refractivity contribution in [1.29, 1.82) is 0 Å². The fourth-order valence-corrected chi connectivity index (χ4v) is 2.35. The van der Waals surface area contributed by atoms with Crippen LogP contribution in [0.2, 0.25) is 0 Å². The minimum absolute atomic E-state index is 0.660. The highest BCUT2D eigenvalue weighted by molar-refractivity contribution is 5.87. The van der Waals surface area contributed by atoms with Crippen molar-refractivity contribution in [3.8, 4) is 11.4 Å². The molecule has 0 aliphatic heterocycles. The summed E-state index contributed by atoms with van der Waals surface area (Å²) in [4.78, 5) is 15.5. The van der Waals surface area contributed by atoms with Crippen molar-refractivity contribution in [3.05, 3.63) is 54.1 Å². The summed E-state index contributed by atoms with van der Waals surface area (Å²) in [5.74, 6) is 0.946. The Balaban J connectivity index is 2.27. The number of aryl methyl sites for hydroxylation is 1. The van der Waals surface area contributed by atoms with Gasteiger partial charge in [0.2, 0.25) is 0 Å². The Labute approximate surface area is 111 Å². The number of aromatic nitrogens is 2. The number of carbonyl (C=O) groups is 1. The molecule has 0 aliphatic rings. The minimum atomic E-state index is 0.660. The SMILES string of the molecule is CCn1c(-c2ccccc2)nc2cc(C=O)ccc21. The number of aldehydes is 1. The summed E-state index contributed by atoms with van der Waals surface area (Å²) in [7, 11) is 0. The van der Waals surface area contributed by atoms with Crippen molar-refractivity contribution in [2.24, 2.45) is 0 Å². The lowest BCUT2D eigenvalue weighted by Crippen LogP contribution is -1.97. The molecule has 3 rings (SSSR count). The van der Waals surface area contributed by atoms with E-state index in [9.17, 15) is 4.79 Å². The van der Waals surface area contributed by atoms with Crippen LogP contribution >= 0.6 is 0 Å². The number of hydrogen-bond donors (Lipinski definition) is 0. The summed E-state index contributed by atoms with van der Waals surface area (Å²) in [6.45, 7) is 2.95.